The molecule has 1 fully saturated rings. The molecule has 0 atom stereocenters. The summed E-state index contributed by atoms with van der Waals surface area (Å²) in [5.74, 6) is 0.520. The van der Waals surface area contributed by atoms with E-state index in [0.717, 1.165) is 38.2 Å². The molecule has 2 heterocycles. The predicted molar refractivity (Wildman–Crippen MR) is 63.0 cm³/mol. The standard InChI is InChI=1S/C12H21N3O/c1-10-12(7-14(2)13-10)8-15-5-3-11(9-16)4-6-15/h7,11,16H,3-6,8-9H2,1-2H3. The Morgan fingerprint density at radius 3 is 2.62 bits per heavy atom. The SMILES string of the molecule is Cc1nn(C)cc1CN1CCC(CO)CC1. The number of aryl methyl sites for hydroxylation is 2. The maximum Gasteiger partial charge on any atom is 0.0638 e. The Labute approximate surface area is 96.9 Å². The second-order valence-corrected chi connectivity index (χ2v) is 4.82. The lowest BCUT2D eigenvalue weighted by Gasteiger charge is -2.30. The van der Waals surface area contributed by atoms with Crippen LogP contribution in [0, 0.1) is 12.8 Å². The van der Waals surface area contributed by atoms with E-state index >= 15 is 0 Å². The van der Waals surface area contributed by atoms with Crippen LogP contribution >= 0.6 is 0 Å². The molecule has 0 aromatic carbocycles. The number of piperidine rings is 1. The lowest BCUT2D eigenvalue weighted by atomic mass is 9.97. The van der Waals surface area contributed by atoms with Crippen LogP contribution in [0.25, 0.3) is 0 Å². The van der Waals surface area contributed by atoms with E-state index in [1.807, 2.05) is 11.7 Å². The van der Waals surface area contributed by atoms with Crippen molar-refractivity contribution in [2.75, 3.05) is 19.7 Å². The summed E-state index contributed by atoms with van der Waals surface area (Å²) in [6.07, 6.45) is 4.35. The Bertz CT molecular complexity index is 340. The van der Waals surface area contributed by atoms with E-state index in [1.165, 1.54) is 5.56 Å². The number of hydrogen-bond acceptors (Lipinski definition) is 3. The van der Waals surface area contributed by atoms with E-state index in [2.05, 4.69) is 23.1 Å². The minimum atomic E-state index is 0.347. The van der Waals surface area contributed by atoms with Crippen molar-refractivity contribution in [3.05, 3.63) is 17.5 Å². The van der Waals surface area contributed by atoms with Gasteiger partial charge < -0.3 is 5.11 Å². The van der Waals surface area contributed by atoms with E-state index in [-0.39, 0.29) is 0 Å². The summed E-state index contributed by atoms with van der Waals surface area (Å²) in [7, 11) is 1.97. The highest BCUT2D eigenvalue weighted by Crippen LogP contribution is 2.19. The molecule has 1 N–H and O–H groups in total. The summed E-state index contributed by atoms with van der Waals surface area (Å²) in [6, 6.07) is 0. The number of likely N-dealkylation sites (tertiary alicyclic amines) is 1. The van der Waals surface area contributed by atoms with Crippen LogP contribution < -0.4 is 0 Å². The van der Waals surface area contributed by atoms with Gasteiger partial charge in [0.1, 0.15) is 0 Å². The molecule has 0 saturated carbocycles. The van der Waals surface area contributed by atoms with E-state index in [4.69, 9.17) is 5.11 Å². The van der Waals surface area contributed by atoms with Gasteiger partial charge in [-0.3, -0.25) is 9.58 Å². The largest absolute Gasteiger partial charge is 0.396 e. The molecule has 2 rings (SSSR count). The molecule has 1 saturated heterocycles. The first kappa shape index (κ1) is 11.6. The second-order valence-electron chi connectivity index (χ2n) is 4.82. The molecule has 0 aliphatic carbocycles. The predicted octanol–water partition coefficient (Wildman–Crippen LogP) is 0.933. The van der Waals surface area contributed by atoms with Gasteiger partial charge in [-0.1, -0.05) is 0 Å². The molecule has 0 unspecified atom stereocenters. The average Bonchev–Trinajstić information content (AvgIpc) is 2.59. The molecule has 1 aliphatic heterocycles. The van der Waals surface area contributed by atoms with Gasteiger partial charge in [0.15, 0.2) is 0 Å². The van der Waals surface area contributed by atoms with Crippen molar-refractivity contribution in [1.82, 2.24) is 14.7 Å². The van der Waals surface area contributed by atoms with Crippen molar-refractivity contribution in [3.8, 4) is 0 Å². The number of rotatable bonds is 3. The maximum absolute atomic E-state index is 9.08. The Morgan fingerprint density at radius 2 is 2.12 bits per heavy atom. The van der Waals surface area contributed by atoms with Crippen LogP contribution in [0.4, 0.5) is 0 Å². The molecule has 0 amide bonds. The third-order valence-corrected chi connectivity index (χ3v) is 3.47. The zero-order valence-corrected chi connectivity index (χ0v) is 10.2. The smallest absolute Gasteiger partial charge is 0.0638 e. The van der Waals surface area contributed by atoms with Crippen molar-refractivity contribution in [3.63, 3.8) is 0 Å². The van der Waals surface area contributed by atoms with Gasteiger partial charge in [-0.15, -0.1) is 0 Å². The Kier molecular flexibility index (Phi) is 3.61. The number of aliphatic hydroxyl groups excluding tert-OH is 1. The second kappa shape index (κ2) is 4.97. The van der Waals surface area contributed by atoms with Gasteiger partial charge in [0.25, 0.3) is 0 Å². The van der Waals surface area contributed by atoms with Gasteiger partial charge in [-0.2, -0.15) is 5.10 Å². The topological polar surface area (TPSA) is 41.3 Å². The summed E-state index contributed by atoms with van der Waals surface area (Å²) in [4.78, 5) is 2.45. The normalized spacial score (nSPS) is 19.2. The molecule has 0 bridgehead atoms. The first-order valence-corrected chi connectivity index (χ1v) is 6.01. The van der Waals surface area contributed by atoms with Gasteiger partial charge in [-0.25, -0.2) is 0 Å². The number of nitrogens with zero attached hydrogens (tertiary/aromatic N) is 3. The van der Waals surface area contributed by atoms with Crippen LogP contribution in [0.15, 0.2) is 6.20 Å². The molecule has 1 aromatic rings. The highest BCUT2D eigenvalue weighted by molar-refractivity contribution is 5.15. The third kappa shape index (κ3) is 2.62. The Hall–Kier alpha value is -0.870. The number of hydrogen-bond donors (Lipinski definition) is 1. The molecule has 0 spiro atoms. The van der Waals surface area contributed by atoms with Crippen LogP contribution in [0.2, 0.25) is 0 Å². The minimum absolute atomic E-state index is 0.347. The van der Waals surface area contributed by atoms with Gasteiger partial charge in [0.05, 0.1) is 5.69 Å². The van der Waals surface area contributed by atoms with E-state index in [0.29, 0.717) is 12.5 Å². The summed E-state index contributed by atoms with van der Waals surface area (Å²) >= 11 is 0. The molecular weight excluding hydrogens is 202 g/mol. The molecule has 1 aromatic heterocycles. The maximum atomic E-state index is 9.08. The van der Waals surface area contributed by atoms with E-state index in [1.54, 1.807) is 0 Å². The van der Waals surface area contributed by atoms with Crippen molar-refractivity contribution >= 4 is 0 Å². The first-order valence-electron chi connectivity index (χ1n) is 6.01. The van der Waals surface area contributed by atoms with Crippen LogP contribution in [0.3, 0.4) is 0 Å². The fourth-order valence-electron chi connectivity index (χ4n) is 2.37. The molecule has 0 radical (unpaired) electrons. The third-order valence-electron chi connectivity index (χ3n) is 3.47. The molecule has 4 nitrogen and oxygen atoms in total. The van der Waals surface area contributed by atoms with Crippen LogP contribution in [-0.2, 0) is 13.6 Å². The van der Waals surface area contributed by atoms with Crippen molar-refractivity contribution in [1.29, 1.82) is 0 Å². The van der Waals surface area contributed by atoms with Crippen LogP contribution in [-0.4, -0.2) is 39.5 Å². The van der Waals surface area contributed by atoms with Gasteiger partial charge in [-0.05, 0) is 38.8 Å². The van der Waals surface area contributed by atoms with Gasteiger partial charge >= 0.3 is 0 Å². The monoisotopic (exact) mass is 223 g/mol. The molecule has 4 heteroatoms. The first-order chi connectivity index (χ1) is 7.69. The highest BCUT2D eigenvalue weighted by atomic mass is 16.3. The fourth-order valence-corrected chi connectivity index (χ4v) is 2.37. The molecule has 1 aliphatic rings. The summed E-state index contributed by atoms with van der Waals surface area (Å²) in [6.45, 7) is 5.60. The Morgan fingerprint density at radius 1 is 1.44 bits per heavy atom. The van der Waals surface area contributed by atoms with Crippen molar-refractivity contribution in [2.24, 2.45) is 13.0 Å². The summed E-state index contributed by atoms with van der Waals surface area (Å²) in [5, 5.41) is 13.4. The summed E-state index contributed by atoms with van der Waals surface area (Å²) < 4.78 is 1.88. The Balaban J connectivity index is 1.89. The van der Waals surface area contributed by atoms with Crippen LogP contribution in [0.5, 0.6) is 0 Å². The number of aromatic nitrogens is 2. The summed E-state index contributed by atoms with van der Waals surface area (Å²) in [5.41, 5.74) is 2.46. The molecule has 16 heavy (non-hydrogen) atoms. The lowest BCUT2D eigenvalue weighted by molar-refractivity contribution is 0.127. The zero-order chi connectivity index (χ0) is 11.5. The van der Waals surface area contributed by atoms with Crippen LogP contribution in [0.1, 0.15) is 24.1 Å². The quantitative estimate of drug-likeness (QED) is 0.829. The van der Waals surface area contributed by atoms with Crippen molar-refractivity contribution < 1.29 is 5.11 Å². The highest BCUT2D eigenvalue weighted by Gasteiger charge is 2.19. The van der Waals surface area contributed by atoms with Gasteiger partial charge in [0.2, 0.25) is 0 Å². The minimum Gasteiger partial charge on any atom is -0.396 e. The van der Waals surface area contributed by atoms with Gasteiger partial charge in [0, 0.05) is 32.0 Å². The molecular formula is C12H21N3O. The molecule has 90 valence electrons. The zero-order valence-electron chi connectivity index (χ0n) is 10.2. The fraction of sp³-hybridized carbons (Fsp3) is 0.750. The lowest BCUT2D eigenvalue weighted by Crippen LogP contribution is -2.34. The van der Waals surface area contributed by atoms with E-state index in [9.17, 15) is 0 Å². The van der Waals surface area contributed by atoms with Crippen molar-refractivity contribution in [2.45, 2.75) is 26.3 Å². The van der Waals surface area contributed by atoms with E-state index < -0.39 is 0 Å². The average molecular weight is 223 g/mol. The number of aliphatic hydroxyl groups is 1.